The molecule has 0 aromatic heterocycles. The lowest BCUT2D eigenvalue weighted by atomic mass is 9.60. The number of amides is 1. The Hall–Kier alpha value is -4.96. The highest BCUT2D eigenvalue weighted by Crippen LogP contribution is 2.58. The number of hydrogen-bond acceptors (Lipinski definition) is 3. The predicted molar refractivity (Wildman–Crippen MR) is 163 cm³/mol. The molecule has 0 bridgehead atoms. The lowest BCUT2D eigenvalue weighted by molar-refractivity contribution is 0.0567. The van der Waals surface area contributed by atoms with Crippen molar-refractivity contribution in [3.05, 3.63) is 156 Å². The van der Waals surface area contributed by atoms with Gasteiger partial charge in [-0.15, -0.1) is 0 Å². The molecule has 0 radical (unpaired) electrons. The number of anilines is 1. The smallest absolute Gasteiger partial charge is 0.275 e. The summed E-state index contributed by atoms with van der Waals surface area (Å²) in [6.45, 7) is 0. The minimum atomic E-state index is -0.718. The summed E-state index contributed by atoms with van der Waals surface area (Å²) in [6, 6.07) is 43.2. The molecule has 0 N–H and O–H groups in total. The molecule has 0 saturated carbocycles. The molecule has 0 fully saturated rings. The first kappa shape index (κ1) is 24.1. The van der Waals surface area contributed by atoms with Gasteiger partial charge in [0, 0.05) is 25.3 Å². The van der Waals surface area contributed by atoms with Gasteiger partial charge >= 0.3 is 0 Å². The molecule has 2 unspecified atom stereocenters. The lowest BCUT2D eigenvalue weighted by Gasteiger charge is -2.47. The number of carbonyl (C=O) groups is 1. The molecular formula is C36H29N3O. The Labute approximate surface area is 234 Å². The van der Waals surface area contributed by atoms with Crippen molar-refractivity contribution < 1.29 is 4.79 Å². The van der Waals surface area contributed by atoms with Crippen molar-refractivity contribution in [2.24, 2.45) is 11.0 Å². The Bertz CT molecular complexity index is 1790. The van der Waals surface area contributed by atoms with Crippen LogP contribution in [0, 0.1) is 5.92 Å². The van der Waals surface area contributed by atoms with Gasteiger partial charge in [0.05, 0.1) is 11.6 Å². The zero-order valence-corrected chi connectivity index (χ0v) is 22.5. The fourth-order valence-electron chi connectivity index (χ4n) is 6.10. The van der Waals surface area contributed by atoms with Crippen LogP contribution in [0.15, 0.2) is 139 Å². The molecule has 5 aromatic rings. The number of benzene rings is 5. The van der Waals surface area contributed by atoms with Crippen LogP contribution in [-0.4, -0.2) is 30.7 Å². The van der Waals surface area contributed by atoms with E-state index in [0.29, 0.717) is 5.56 Å². The maximum atomic E-state index is 14.4. The van der Waals surface area contributed by atoms with Crippen molar-refractivity contribution in [1.82, 2.24) is 5.01 Å². The minimum Gasteiger partial charge on any atom is -0.378 e. The fraction of sp³-hybridized carbons (Fsp3) is 0.111. The van der Waals surface area contributed by atoms with Gasteiger partial charge in [-0.25, -0.2) is 5.01 Å². The monoisotopic (exact) mass is 519 g/mol. The molecule has 194 valence electrons. The molecule has 1 aliphatic heterocycles. The van der Waals surface area contributed by atoms with E-state index in [1.807, 2.05) is 86.9 Å². The topological polar surface area (TPSA) is 35.9 Å². The summed E-state index contributed by atoms with van der Waals surface area (Å²) in [5.74, 6) is -0.212. The number of fused-ring (bicyclic) bond motifs is 2. The van der Waals surface area contributed by atoms with E-state index in [4.69, 9.17) is 5.10 Å². The third-order valence-electron chi connectivity index (χ3n) is 8.17. The van der Waals surface area contributed by atoms with Crippen molar-refractivity contribution in [3.8, 4) is 0 Å². The van der Waals surface area contributed by atoms with Gasteiger partial charge in [0.25, 0.3) is 5.91 Å². The van der Waals surface area contributed by atoms with Gasteiger partial charge in [-0.05, 0) is 63.4 Å². The molecule has 1 aliphatic carbocycles. The Morgan fingerprint density at radius 2 is 1.38 bits per heavy atom. The second kappa shape index (κ2) is 9.35. The minimum absolute atomic E-state index is 0.105. The number of nitrogens with zero attached hydrogens (tertiary/aromatic N) is 3. The third kappa shape index (κ3) is 3.68. The van der Waals surface area contributed by atoms with Crippen LogP contribution < -0.4 is 4.90 Å². The van der Waals surface area contributed by atoms with Crippen molar-refractivity contribution >= 4 is 33.7 Å². The highest BCUT2D eigenvalue weighted by atomic mass is 16.2. The van der Waals surface area contributed by atoms with Crippen molar-refractivity contribution in [3.63, 3.8) is 0 Å². The van der Waals surface area contributed by atoms with E-state index in [0.717, 1.165) is 38.9 Å². The maximum Gasteiger partial charge on any atom is 0.275 e. The van der Waals surface area contributed by atoms with Crippen LogP contribution in [0.25, 0.3) is 16.3 Å². The third-order valence-corrected chi connectivity index (χ3v) is 8.17. The lowest BCUT2D eigenvalue weighted by Crippen LogP contribution is -2.52. The predicted octanol–water partition coefficient (Wildman–Crippen LogP) is 7.37. The SMILES string of the molecule is CN(C)c1ccc(C2=CC3(c4ccccc4)C2C(c2ccccc2)=NN3C(=O)c2ccc3ccccc3c2)cc1. The average Bonchev–Trinajstić information content (AvgIpc) is 3.26. The summed E-state index contributed by atoms with van der Waals surface area (Å²) < 4.78 is 0. The van der Waals surface area contributed by atoms with Gasteiger partial charge in [-0.3, -0.25) is 4.79 Å². The molecule has 1 amide bonds. The van der Waals surface area contributed by atoms with Gasteiger partial charge in [0.1, 0.15) is 5.54 Å². The number of carbonyl (C=O) groups excluding carboxylic acids is 1. The van der Waals surface area contributed by atoms with E-state index in [9.17, 15) is 4.79 Å². The Morgan fingerprint density at radius 1 is 0.725 bits per heavy atom. The second-order valence-electron chi connectivity index (χ2n) is 10.7. The van der Waals surface area contributed by atoms with Gasteiger partial charge in [-0.2, -0.15) is 5.10 Å². The molecule has 1 heterocycles. The van der Waals surface area contributed by atoms with Crippen LogP contribution in [0.4, 0.5) is 5.69 Å². The summed E-state index contributed by atoms with van der Waals surface area (Å²) in [6.07, 6.45) is 2.25. The highest BCUT2D eigenvalue weighted by Gasteiger charge is 2.61. The number of hydrazone groups is 1. The maximum absolute atomic E-state index is 14.4. The zero-order chi connectivity index (χ0) is 27.3. The van der Waals surface area contributed by atoms with Crippen molar-refractivity contribution in [2.45, 2.75) is 5.54 Å². The molecule has 0 spiro atoms. The summed E-state index contributed by atoms with van der Waals surface area (Å²) in [7, 11) is 4.09. The molecule has 4 nitrogen and oxygen atoms in total. The van der Waals surface area contributed by atoms with Gasteiger partial charge in [-0.1, -0.05) is 103 Å². The number of hydrogen-bond donors (Lipinski definition) is 0. The molecular weight excluding hydrogens is 490 g/mol. The first-order chi connectivity index (χ1) is 19.6. The van der Waals surface area contributed by atoms with Gasteiger partial charge in [0.15, 0.2) is 0 Å². The van der Waals surface area contributed by atoms with E-state index < -0.39 is 5.54 Å². The van der Waals surface area contributed by atoms with Crippen LogP contribution in [-0.2, 0) is 5.54 Å². The molecule has 2 aliphatic rings. The number of rotatable bonds is 5. The molecule has 40 heavy (non-hydrogen) atoms. The molecule has 2 atom stereocenters. The molecule has 5 aromatic carbocycles. The first-order valence-corrected chi connectivity index (χ1v) is 13.6. The van der Waals surface area contributed by atoms with Crippen molar-refractivity contribution in [1.29, 1.82) is 0 Å². The van der Waals surface area contributed by atoms with E-state index in [-0.39, 0.29) is 11.8 Å². The molecule has 4 heteroatoms. The van der Waals surface area contributed by atoms with E-state index in [1.54, 1.807) is 5.01 Å². The van der Waals surface area contributed by atoms with Crippen molar-refractivity contribution in [2.75, 3.05) is 19.0 Å². The Morgan fingerprint density at radius 3 is 2.08 bits per heavy atom. The van der Waals surface area contributed by atoms with E-state index in [1.165, 1.54) is 5.57 Å². The fourth-order valence-corrected chi connectivity index (χ4v) is 6.10. The highest BCUT2D eigenvalue weighted by molar-refractivity contribution is 6.15. The van der Waals surface area contributed by atoms with E-state index in [2.05, 4.69) is 65.6 Å². The first-order valence-electron chi connectivity index (χ1n) is 13.6. The van der Waals surface area contributed by atoms with Crippen LogP contribution >= 0.6 is 0 Å². The Balaban J connectivity index is 1.42. The van der Waals surface area contributed by atoms with Crippen LogP contribution in [0.5, 0.6) is 0 Å². The zero-order valence-electron chi connectivity index (χ0n) is 22.5. The average molecular weight is 520 g/mol. The van der Waals surface area contributed by atoms with Crippen LogP contribution in [0.1, 0.15) is 27.0 Å². The van der Waals surface area contributed by atoms with Gasteiger partial charge in [0.2, 0.25) is 0 Å². The Kier molecular flexibility index (Phi) is 5.64. The quantitative estimate of drug-likeness (QED) is 0.243. The normalized spacial score (nSPS) is 19.4. The summed E-state index contributed by atoms with van der Waals surface area (Å²) >= 11 is 0. The summed E-state index contributed by atoms with van der Waals surface area (Å²) in [4.78, 5) is 16.5. The molecule has 7 rings (SSSR count). The summed E-state index contributed by atoms with van der Waals surface area (Å²) in [5, 5.41) is 9.03. The summed E-state index contributed by atoms with van der Waals surface area (Å²) in [5.41, 5.74) is 6.38. The largest absolute Gasteiger partial charge is 0.378 e. The second-order valence-corrected chi connectivity index (χ2v) is 10.7. The van der Waals surface area contributed by atoms with Crippen LogP contribution in [0.2, 0.25) is 0 Å². The van der Waals surface area contributed by atoms with Gasteiger partial charge < -0.3 is 4.90 Å². The standard InChI is InChI=1S/C36H29N3O/c1-38(2)31-21-19-26(20-22-31)32-24-36(30-15-7-4-8-16-30)33(32)34(27-12-5-3-6-13-27)37-39(36)35(40)29-18-17-25-11-9-10-14-28(25)23-29/h3-24,33H,1-2H3. The van der Waals surface area contributed by atoms with E-state index >= 15 is 0 Å². The van der Waals surface area contributed by atoms with Crippen LogP contribution in [0.3, 0.4) is 0 Å². The molecule has 0 saturated heterocycles.